The summed E-state index contributed by atoms with van der Waals surface area (Å²) >= 11 is 0. The van der Waals surface area contributed by atoms with Gasteiger partial charge in [0.1, 0.15) is 11.3 Å². The highest BCUT2D eigenvalue weighted by atomic mass is 16.4. The van der Waals surface area contributed by atoms with Crippen molar-refractivity contribution in [2.75, 3.05) is 0 Å². The lowest BCUT2D eigenvalue weighted by molar-refractivity contribution is 0.0693. The van der Waals surface area contributed by atoms with E-state index in [9.17, 15) is 9.90 Å². The van der Waals surface area contributed by atoms with Gasteiger partial charge in [0.25, 0.3) is 0 Å². The van der Waals surface area contributed by atoms with Crippen LogP contribution in [0.25, 0.3) is 0 Å². The van der Waals surface area contributed by atoms with Crippen LogP contribution in [0.4, 0.5) is 0 Å². The zero-order valence-corrected chi connectivity index (χ0v) is 7.45. The fourth-order valence-corrected chi connectivity index (χ4v) is 1.20. The average molecular weight is 180 g/mol. The standard InChI is InChI=1S/C10H12O3/c1-2-3-7-4-5-9(11)8(6-7)10(12)13/h4-6,11H,2-3H2,1H3,(H,12,13). The van der Waals surface area contributed by atoms with E-state index >= 15 is 0 Å². The van der Waals surface area contributed by atoms with Gasteiger partial charge in [0, 0.05) is 0 Å². The second-order valence-corrected chi connectivity index (χ2v) is 2.91. The van der Waals surface area contributed by atoms with Crippen molar-refractivity contribution in [3.8, 4) is 5.75 Å². The molecule has 3 heteroatoms. The monoisotopic (exact) mass is 180 g/mol. The molecular formula is C10H12O3. The van der Waals surface area contributed by atoms with Gasteiger partial charge in [0.05, 0.1) is 0 Å². The number of carbonyl (C=O) groups is 1. The maximum absolute atomic E-state index is 10.6. The third-order valence-corrected chi connectivity index (χ3v) is 1.83. The third kappa shape index (κ3) is 2.21. The minimum atomic E-state index is -1.09. The molecule has 1 rings (SSSR count). The van der Waals surface area contributed by atoms with Crippen LogP contribution < -0.4 is 0 Å². The molecule has 0 bridgehead atoms. The largest absolute Gasteiger partial charge is 0.507 e. The first kappa shape index (κ1) is 9.58. The van der Waals surface area contributed by atoms with E-state index in [0.29, 0.717) is 0 Å². The van der Waals surface area contributed by atoms with Crippen molar-refractivity contribution in [3.05, 3.63) is 29.3 Å². The van der Waals surface area contributed by atoms with Crippen molar-refractivity contribution < 1.29 is 15.0 Å². The third-order valence-electron chi connectivity index (χ3n) is 1.83. The number of benzene rings is 1. The lowest BCUT2D eigenvalue weighted by Crippen LogP contribution is -1.98. The molecule has 3 nitrogen and oxygen atoms in total. The quantitative estimate of drug-likeness (QED) is 0.748. The van der Waals surface area contributed by atoms with Crippen molar-refractivity contribution in [3.63, 3.8) is 0 Å². The van der Waals surface area contributed by atoms with Crippen LogP contribution >= 0.6 is 0 Å². The van der Waals surface area contributed by atoms with Gasteiger partial charge in [-0.1, -0.05) is 19.4 Å². The van der Waals surface area contributed by atoms with E-state index in [4.69, 9.17) is 5.11 Å². The summed E-state index contributed by atoms with van der Waals surface area (Å²) < 4.78 is 0. The number of rotatable bonds is 3. The Labute approximate surface area is 76.6 Å². The molecule has 0 unspecified atom stereocenters. The number of aryl methyl sites for hydroxylation is 1. The minimum absolute atomic E-state index is 0.0223. The molecule has 13 heavy (non-hydrogen) atoms. The number of carboxylic acid groups (broad SMARTS) is 1. The molecule has 0 aromatic heterocycles. The summed E-state index contributed by atoms with van der Waals surface area (Å²) in [5, 5.41) is 17.9. The number of phenols is 1. The Morgan fingerprint density at radius 2 is 2.15 bits per heavy atom. The number of aromatic carboxylic acids is 1. The predicted molar refractivity (Wildman–Crippen MR) is 49.1 cm³/mol. The SMILES string of the molecule is CCCc1ccc(O)c(C(=O)O)c1. The number of aromatic hydroxyl groups is 1. The molecule has 1 aromatic carbocycles. The highest BCUT2D eigenvalue weighted by molar-refractivity contribution is 5.90. The van der Waals surface area contributed by atoms with Crippen molar-refractivity contribution >= 4 is 5.97 Å². The Morgan fingerprint density at radius 3 is 2.69 bits per heavy atom. The van der Waals surface area contributed by atoms with Gasteiger partial charge >= 0.3 is 5.97 Å². The van der Waals surface area contributed by atoms with E-state index in [1.54, 1.807) is 6.07 Å². The molecule has 0 amide bonds. The van der Waals surface area contributed by atoms with Gasteiger partial charge < -0.3 is 10.2 Å². The smallest absolute Gasteiger partial charge is 0.339 e. The average Bonchev–Trinajstić information content (AvgIpc) is 2.08. The Balaban J connectivity index is 3.04. The molecule has 0 saturated heterocycles. The summed E-state index contributed by atoms with van der Waals surface area (Å²) in [6.07, 6.45) is 1.80. The van der Waals surface area contributed by atoms with Gasteiger partial charge in [-0.2, -0.15) is 0 Å². The normalized spacial score (nSPS) is 9.92. The molecule has 2 N–H and O–H groups in total. The van der Waals surface area contributed by atoms with Gasteiger partial charge in [-0.05, 0) is 24.1 Å². The van der Waals surface area contributed by atoms with Crippen LogP contribution in [0.1, 0.15) is 29.3 Å². The molecule has 0 radical (unpaired) electrons. The molecule has 0 aliphatic rings. The summed E-state index contributed by atoms with van der Waals surface area (Å²) in [4.78, 5) is 10.6. The van der Waals surface area contributed by atoms with Gasteiger partial charge in [-0.15, -0.1) is 0 Å². The molecule has 0 fully saturated rings. The molecule has 0 saturated carbocycles. The molecule has 1 aromatic rings. The van der Waals surface area contributed by atoms with E-state index in [2.05, 4.69) is 0 Å². The van der Waals surface area contributed by atoms with E-state index in [0.717, 1.165) is 18.4 Å². The fraction of sp³-hybridized carbons (Fsp3) is 0.300. The zero-order chi connectivity index (χ0) is 9.84. The van der Waals surface area contributed by atoms with Crippen molar-refractivity contribution in [2.24, 2.45) is 0 Å². The van der Waals surface area contributed by atoms with E-state index in [1.807, 2.05) is 6.92 Å². The fourth-order valence-electron chi connectivity index (χ4n) is 1.20. The Kier molecular flexibility index (Phi) is 2.90. The first-order valence-corrected chi connectivity index (χ1v) is 4.20. The van der Waals surface area contributed by atoms with Crippen LogP contribution in [0.15, 0.2) is 18.2 Å². The topological polar surface area (TPSA) is 57.5 Å². The van der Waals surface area contributed by atoms with Gasteiger partial charge in [0.2, 0.25) is 0 Å². The van der Waals surface area contributed by atoms with Gasteiger partial charge in [0.15, 0.2) is 0 Å². The molecule has 0 heterocycles. The Morgan fingerprint density at radius 1 is 1.46 bits per heavy atom. The predicted octanol–water partition coefficient (Wildman–Crippen LogP) is 2.04. The van der Waals surface area contributed by atoms with E-state index < -0.39 is 5.97 Å². The van der Waals surface area contributed by atoms with Crippen LogP contribution in [0.5, 0.6) is 5.75 Å². The van der Waals surface area contributed by atoms with Crippen molar-refractivity contribution in [2.45, 2.75) is 19.8 Å². The highest BCUT2D eigenvalue weighted by Crippen LogP contribution is 2.19. The number of carboxylic acids is 1. The zero-order valence-electron chi connectivity index (χ0n) is 7.45. The maximum atomic E-state index is 10.6. The molecule has 0 spiro atoms. The lowest BCUT2D eigenvalue weighted by atomic mass is 10.1. The van der Waals surface area contributed by atoms with Gasteiger partial charge in [-0.25, -0.2) is 4.79 Å². The second-order valence-electron chi connectivity index (χ2n) is 2.91. The van der Waals surface area contributed by atoms with Gasteiger partial charge in [-0.3, -0.25) is 0 Å². The summed E-state index contributed by atoms with van der Waals surface area (Å²) in [5.74, 6) is -1.26. The van der Waals surface area contributed by atoms with Crippen molar-refractivity contribution in [1.29, 1.82) is 0 Å². The highest BCUT2D eigenvalue weighted by Gasteiger charge is 2.09. The summed E-state index contributed by atoms with van der Waals surface area (Å²) in [6.45, 7) is 2.02. The number of hydrogen-bond donors (Lipinski definition) is 2. The van der Waals surface area contributed by atoms with Crippen LogP contribution in [-0.4, -0.2) is 16.2 Å². The molecule has 0 atom stereocenters. The first-order chi connectivity index (χ1) is 6.15. The molecule has 0 aliphatic carbocycles. The van der Waals surface area contributed by atoms with Crippen LogP contribution in [-0.2, 0) is 6.42 Å². The first-order valence-electron chi connectivity index (χ1n) is 4.20. The maximum Gasteiger partial charge on any atom is 0.339 e. The summed E-state index contributed by atoms with van der Waals surface area (Å²) in [5.41, 5.74) is 0.920. The van der Waals surface area contributed by atoms with Crippen LogP contribution in [0, 0.1) is 0 Å². The molecule has 70 valence electrons. The lowest BCUT2D eigenvalue weighted by Gasteiger charge is -2.02. The minimum Gasteiger partial charge on any atom is -0.507 e. The molecule has 0 aliphatic heterocycles. The summed E-state index contributed by atoms with van der Waals surface area (Å²) in [6, 6.07) is 4.68. The Hall–Kier alpha value is -1.51. The van der Waals surface area contributed by atoms with Crippen molar-refractivity contribution in [1.82, 2.24) is 0 Å². The Bertz CT molecular complexity index is 318. The van der Waals surface area contributed by atoms with Crippen LogP contribution in [0.3, 0.4) is 0 Å². The second kappa shape index (κ2) is 3.94. The number of hydrogen-bond acceptors (Lipinski definition) is 2. The summed E-state index contributed by atoms with van der Waals surface area (Å²) in [7, 11) is 0. The van der Waals surface area contributed by atoms with E-state index in [1.165, 1.54) is 12.1 Å². The van der Waals surface area contributed by atoms with Crippen LogP contribution in [0.2, 0.25) is 0 Å². The van der Waals surface area contributed by atoms with E-state index in [-0.39, 0.29) is 11.3 Å². The molecular weight excluding hydrogens is 168 g/mol.